The fourth-order valence-corrected chi connectivity index (χ4v) is 8.47. The van der Waals surface area contributed by atoms with Gasteiger partial charge in [-0.1, -0.05) is 69.7 Å². The van der Waals surface area contributed by atoms with Crippen LogP contribution in [0.5, 0.6) is 11.5 Å². The van der Waals surface area contributed by atoms with Gasteiger partial charge in [0.25, 0.3) is 5.91 Å². The number of benzene rings is 2. The Morgan fingerprint density at radius 1 is 0.923 bits per heavy atom. The number of rotatable bonds is 11. The van der Waals surface area contributed by atoms with Crippen molar-refractivity contribution in [3.05, 3.63) is 47.3 Å². The van der Waals surface area contributed by atoms with Gasteiger partial charge in [0.1, 0.15) is 17.1 Å². The summed E-state index contributed by atoms with van der Waals surface area (Å²) in [6.07, 6.45) is 18.5. The SMILES string of the molecule is CCCCCCCCCc1c(O)c(C(=O)Nc2ncc(C34CC5CC(CC(C5)C3)C4)[nH]2)c(O)c2ccccc12. The summed E-state index contributed by atoms with van der Waals surface area (Å²) in [6.45, 7) is 2.22. The van der Waals surface area contributed by atoms with Crippen LogP contribution < -0.4 is 5.32 Å². The molecule has 0 spiro atoms. The second kappa shape index (κ2) is 10.9. The number of hydrogen-bond acceptors (Lipinski definition) is 4. The molecule has 1 heterocycles. The topological polar surface area (TPSA) is 98.2 Å². The minimum atomic E-state index is -0.539. The van der Waals surface area contributed by atoms with E-state index in [1.807, 2.05) is 30.5 Å². The number of aryl methyl sites for hydroxylation is 1. The molecule has 2 aromatic carbocycles. The van der Waals surface area contributed by atoms with Crippen LogP contribution in [-0.2, 0) is 11.8 Å². The molecule has 1 aromatic heterocycles. The quantitative estimate of drug-likeness (QED) is 0.189. The maximum absolute atomic E-state index is 13.5. The Morgan fingerprint density at radius 2 is 1.54 bits per heavy atom. The molecule has 4 aliphatic carbocycles. The molecular formula is C33H43N3O3. The van der Waals surface area contributed by atoms with E-state index in [1.165, 1.54) is 70.6 Å². The Hall–Kier alpha value is -3.02. The Labute approximate surface area is 231 Å². The van der Waals surface area contributed by atoms with E-state index < -0.39 is 5.91 Å². The first-order chi connectivity index (χ1) is 19.0. The standard InChI is InChI=1S/C33H43N3O3/c1-2-3-4-5-6-7-8-12-25-24-11-9-10-13-26(24)30(38)28(29(25)37)31(39)36-32-34-20-27(35-32)33-17-21-14-22(18-33)16-23(15-21)19-33/h9-11,13,20-23,37-38H,2-8,12,14-19H2,1H3,(H2,34,35,36,39). The molecule has 0 radical (unpaired) electrons. The molecule has 0 unspecified atom stereocenters. The van der Waals surface area contributed by atoms with Gasteiger partial charge in [0, 0.05) is 22.1 Å². The fourth-order valence-electron chi connectivity index (χ4n) is 8.47. The van der Waals surface area contributed by atoms with E-state index in [4.69, 9.17) is 0 Å². The molecule has 4 fully saturated rings. The summed E-state index contributed by atoms with van der Waals surface area (Å²) in [5.41, 5.74) is 1.94. The van der Waals surface area contributed by atoms with Gasteiger partial charge >= 0.3 is 0 Å². The number of nitrogens with zero attached hydrogens (tertiary/aromatic N) is 1. The number of aromatic nitrogens is 2. The van der Waals surface area contributed by atoms with Gasteiger partial charge in [0.15, 0.2) is 0 Å². The molecule has 4 bridgehead atoms. The number of hydrogen-bond donors (Lipinski definition) is 4. The lowest BCUT2D eigenvalue weighted by Gasteiger charge is -2.56. The maximum Gasteiger partial charge on any atom is 0.265 e. The second-order valence-corrected chi connectivity index (χ2v) is 12.8. The summed E-state index contributed by atoms with van der Waals surface area (Å²) in [7, 11) is 0. The number of unbranched alkanes of at least 4 members (excludes halogenated alkanes) is 6. The van der Waals surface area contributed by atoms with Gasteiger partial charge in [0.05, 0.1) is 6.20 Å². The van der Waals surface area contributed by atoms with Gasteiger partial charge in [-0.3, -0.25) is 10.1 Å². The zero-order valence-electron chi connectivity index (χ0n) is 23.3. The van der Waals surface area contributed by atoms with E-state index in [9.17, 15) is 15.0 Å². The van der Waals surface area contributed by atoms with Crippen molar-refractivity contribution >= 4 is 22.6 Å². The van der Waals surface area contributed by atoms with Crippen molar-refractivity contribution < 1.29 is 15.0 Å². The van der Waals surface area contributed by atoms with Crippen LogP contribution in [0, 0.1) is 17.8 Å². The largest absolute Gasteiger partial charge is 0.507 e. The Balaban J connectivity index is 1.21. The van der Waals surface area contributed by atoms with E-state index in [1.54, 1.807) is 0 Å². The van der Waals surface area contributed by atoms with Gasteiger partial charge in [-0.25, -0.2) is 4.98 Å². The molecule has 6 heteroatoms. The van der Waals surface area contributed by atoms with E-state index in [0.29, 0.717) is 17.8 Å². The van der Waals surface area contributed by atoms with Gasteiger partial charge < -0.3 is 15.2 Å². The number of aromatic hydroxyl groups is 2. The highest BCUT2D eigenvalue weighted by molar-refractivity contribution is 6.12. The number of imidazole rings is 1. The molecule has 3 aromatic rings. The van der Waals surface area contributed by atoms with Crippen LogP contribution in [0.1, 0.15) is 112 Å². The molecule has 39 heavy (non-hydrogen) atoms. The summed E-state index contributed by atoms with van der Waals surface area (Å²) in [6, 6.07) is 7.48. The first-order valence-corrected chi connectivity index (χ1v) is 15.3. The lowest BCUT2D eigenvalue weighted by molar-refractivity contribution is -0.00698. The molecule has 4 N–H and O–H groups in total. The smallest absolute Gasteiger partial charge is 0.265 e. The van der Waals surface area contributed by atoms with Crippen molar-refractivity contribution in [1.29, 1.82) is 0 Å². The van der Waals surface area contributed by atoms with Gasteiger partial charge in [-0.05, 0) is 74.5 Å². The number of carbonyl (C=O) groups excluding carboxylic acids is 1. The second-order valence-electron chi connectivity index (χ2n) is 12.8. The van der Waals surface area contributed by atoms with Crippen LogP contribution in [0.2, 0.25) is 0 Å². The number of nitrogens with one attached hydrogen (secondary N) is 2. The number of fused-ring (bicyclic) bond motifs is 1. The van der Waals surface area contributed by atoms with Crippen LogP contribution in [0.25, 0.3) is 10.8 Å². The fraction of sp³-hybridized carbons (Fsp3) is 0.576. The summed E-state index contributed by atoms with van der Waals surface area (Å²) in [5, 5.41) is 26.6. The summed E-state index contributed by atoms with van der Waals surface area (Å²) in [5.74, 6) is 1.99. The predicted molar refractivity (Wildman–Crippen MR) is 155 cm³/mol. The predicted octanol–water partition coefficient (Wildman–Crippen LogP) is 7.99. The molecule has 208 valence electrons. The van der Waals surface area contributed by atoms with Crippen LogP contribution in [0.15, 0.2) is 30.5 Å². The molecule has 7 rings (SSSR count). The lowest BCUT2D eigenvalue weighted by atomic mass is 9.49. The van der Waals surface area contributed by atoms with Gasteiger partial charge in [-0.2, -0.15) is 0 Å². The van der Waals surface area contributed by atoms with E-state index in [-0.39, 0.29) is 22.5 Å². The molecule has 0 saturated heterocycles. The van der Waals surface area contributed by atoms with E-state index in [0.717, 1.165) is 47.2 Å². The Bertz CT molecular complexity index is 1310. The van der Waals surface area contributed by atoms with Crippen LogP contribution >= 0.6 is 0 Å². The highest BCUT2D eigenvalue weighted by atomic mass is 16.3. The minimum Gasteiger partial charge on any atom is -0.507 e. The first kappa shape index (κ1) is 26.2. The summed E-state index contributed by atoms with van der Waals surface area (Å²) in [4.78, 5) is 21.4. The number of H-pyrrole nitrogens is 1. The van der Waals surface area contributed by atoms with Gasteiger partial charge in [-0.15, -0.1) is 0 Å². The zero-order valence-corrected chi connectivity index (χ0v) is 23.3. The first-order valence-electron chi connectivity index (χ1n) is 15.3. The lowest BCUT2D eigenvalue weighted by Crippen LogP contribution is -2.48. The summed E-state index contributed by atoms with van der Waals surface area (Å²) < 4.78 is 0. The van der Waals surface area contributed by atoms with Crippen molar-refractivity contribution in [3.8, 4) is 11.5 Å². The normalized spacial score (nSPS) is 25.4. The Morgan fingerprint density at radius 3 is 2.21 bits per heavy atom. The molecule has 4 aliphatic rings. The van der Waals surface area contributed by atoms with Crippen molar-refractivity contribution in [2.24, 2.45) is 17.8 Å². The number of aromatic amines is 1. The van der Waals surface area contributed by atoms with Crippen molar-refractivity contribution in [2.75, 3.05) is 5.32 Å². The number of phenolic OH excluding ortho intramolecular Hbond substituents is 2. The molecule has 1 amide bonds. The highest BCUT2D eigenvalue weighted by Gasteiger charge is 2.52. The third-order valence-electron chi connectivity index (χ3n) is 9.94. The van der Waals surface area contributed by atoms with E-state index >= 15 is 0 Å². The Kier molecular flexibility index (Phi) is 7.30. The monoisotopic (exact) mass is 529 g/mol. The number of carbonyl (C=O) groups is 1. The number of anilines is 1. The molecule has 4 saturated carbocycles. The molecular weight excluding hydrogens is 486 g/mol. The van der Waals surface area contributed by atoms with Crippen molar-refractivity contribution in [1.82, 2.24) is 9.97 Å². The zero-order chi connectivity index (χ0) is 27.0. The van der Waals surface area contributed by atoms with Crippen LogP contribution in [0.3, 0.4) is 0 Å². The van der Waals surface area contributed by atoms with Crippen LogP contribution in [-0.4, -0.2) is 26.1 Å². The van der Waals surface area contributed by atoms with Gasteiger partial charge in [0.2, 0.25) is 5.95 Å². The maximum atomic E-state index is 13.5. The molecule has 0 atom stereocenters. The summed E-state index contributed by atoms with van der Waals surface area (Å²) >= 11 is 0. The third kappa shape index (κ3) is 5.03. The van der Waals surface area contributed by atoms with E-state index in [2.05, 4.69) is 22.2 Å². The third-order valence-corrected chi connectivity index (χ3v) is 9.94. The highest BCUT2D eigenvalue weighted by Crippen LogP contribution is 2.60. The average molecular weight is 530 g/mol. The van der Waals surface area contributed by atoms with Crippen molar-refractivity contribution in [2.45, 2.75) is 102 Å². The number of amides is 1. The number of phenols is 2. The van der Waals surface area contributed by atoms with Crippen LogP contribution in [0.4, 0.5) is 5.95 Å². The average Bonchev–Trinajstić information content (AvgIpc) is 3.38. The minimum absolute atomic E-state index is 0.0700. The molecule has 6 nitrogen and oxygen atoms in total. The van der Waals surface area contributed by atoms with Crippen molar-refractivity contribution in [3.63, 3.8) is 0 Å². The molecule has 0 aliphatic heterocycles.